The van der Waals surface area contributed by atoms with Crippen molar-refractivity contribution >= 4 is 33.8 Å². The summed E-state index contributed by atoms with van der Waals surface area (Å²) >= 11 is 8.01. The second kappa shape index (κ2) is 6.77. The SMILES string of the molecule is COc1ccc(-c2c(-c3c(C)csc3C)n(C#N)c3ccc(Cl)cc23)cc1. The average molecular weight is 393 g/mol. The van der Waals surface area contributed by atoms with Crippen LogP contribution in [0.25, 0.3) is 33.3 Å². The number of benzene rings is 2. The van der Waals surface area contributed by atoms with Crippen LogP contribution in [0.1, 0.15) is 10.4 Å². The van der Waals surface area contributed by atoms with Crippen molar-refractivity contribution in [3.63, 3.8) is 0 Å². The lowest BCUT2D eigenvalue weighted by Gasteiger charge is -2.09. The molecule has 0 bridgehead atoms. The minimum atomic E-state index is 0.651. The number of ether oxygens (including phenoxy) is 1. The Morgan fingerprint density at radius 2 is 1.81 bits per heavy atom. The molecule has 0 unspecified atom stereocenters. The van der Waals surface area contributed by atoms with Gasteiger partial charge in [0.25, 0.3) is 0 Å². The van der Waals surface area contributed by atoms with E-state index in [1.807, 2.05) is 42.5 Å². The Balaban J connectivity index is 2.16. The van der Waals surface area contributed by atoms with E-state index >= 15 is 0 Å². The quantitative estimate of drug-likeness (QED) is 0.391. The van der Waals surface area contributed by atoms with Crippen LogP contribution in [-0.4, -0.2) is 11.7 Å². The van der Waals surface area contributed by atoms with Crippen LogP contribution in [0.3, 0.4) is 0 Å². The number of fused-ring (bicyclic) bond motifs is 1. The molecule has 2 aromatic heterocycles. The molecule has 0 spiro atoms. The number of rotatable bonds is 3. The normalized spacial score (nSPS) is 10.9. The molecule has 4 rings (SSSR count). The van der Waals surface area contributed by atoms with Crippen LogP contribution >= 0.6 is 22.9 Å². The van der Waals surface area contributed by atoms with Crippen LogP contribution in [-0.2, 0) is 0 Å². The maximum atomic E-state index is 9.97. The number of aryl methyl sites for hydroxylation is 2. The van der Waals surface area contributed by atoms with Gasteiger partial charge in [0, 0.05) is 26.4 Å². The highest BCUT2D eigenvalue weighted by Gasteiger charge is 2.23. The Bertz CT molecular complexity index is 1180. The Hall–Kier alpha value is -2.74. The molecule has 0 saturated carbocycles. The topological polar surface area (TPSA) is 38.0 Å². The van der Waals surface area contributed by atoms with Crippen molar-refractivity contribution < 1.29 is 4.74 Å². The number of methoxy groups -OCH3 is 1. The third-order valence-electron chi connectivity index (χ3n) is 4.80. The maximum absolute atomic E-state index is 9.97. The zero-order valence-electron chi connectivity index (χ0n) is 15.2. The average Bonchev–Trinajstić information content (AvgIpc) is 3.17. The van der Waals surface area contributed by atoms with Gasteiger partial charge in [-0.15, -0.1) is 11.3 Å². The van der Waals surface area contributed by atoms with Gasteiger partial charge < -0.3 is 4.74 Å². The van der Waals surface area contributed by atoms with E-state index in [4.69, 9.17) is 16.3 Å². The molecule has 2 aromatic carbocycles. The first-order chi connectivity index (χ1) is 13.0. The minimum absolute atomic E-state index is 0.651. The smallest absolute Gasteiger partial charge is 0.189 e. The summed E-state index contributed by atoms with van der Waals surface area (Å²) in [6, 6.07) is 13.6. The molecule has 0 fully saturated rings. The number of nitrogens with zero attached hydrogens (tertiary/aromatic N) is 2. The summed E-state index contributed by atoms with van der Waals surface area (Å²) < 4.78 is 7.02. The zero-order chi connectivity index (χ0) is 19.1. The lowest BCUT2D eigenvalue weighted by molar-refractivity contribution is 0.415. The molecule has 0 aliphatic rings. The van der Waals surface area contributed by atoms with E-state index in [9.17, 15) is 5.26 Å². The summed E-state index contributed by atoms with van der Waals surface area (Å²) in [5.74, 6) is 0.797. The Kier molecular flexibility index (Phi) is 4.43. The third-order valence-corrected chi connectivity index (χ3v) is 6.07. The summed E-state index contributed by atoms with van der Waals surface area (Å²) in [6.07, 6.45) is 2.37. The van der Waals surface area contributed by atoms with Crippen molar-refractivity contribution in [2.24, 2.45) is 0 Å². The van der Waals surface area contributed by atoms with Crippen molar-refractivity contribution in [1.82, 2.24) is 4.57 Å². The molecule has 3 nitrogen and oxygen atoms in total. The van der Waals surface area contributed by atoms with E-state index in [0.29, 0.717) is 5.02 Å². The van der Waals surface area contributed by atoms with E-state index in [0.717, 1.165) is 44.6 Å². The summed E-state index contributed by atoms with van der Waals surface area (Å²) in [6.45, 7) is 4.18. The van der Waals surface area contributed by atoms with Crippen molar-refractivity contribution in [3.05, 3.63) is 63.3 Å². The van der Waals surface area contributed by atoms with Gasteiger partial charge in [0.15, 0.2) is 6.19 Å². The molecule has 4 aromatic rings. The molecule has 0 aliphatic carbocycles. The van der Waals surface area contributed by atoms with E-state index < -0.39 is 0 Å². The van der Waals surface area contributed by atoms with Crippen molar-refractivity contribution in [3.8, 4) is 34.3 Å². The molecule has 2 heterocycles. The monoisotopic (exact) mass is 392 g/mol. The van der Waals surface area contributed by atoms with Gasteiger partial charge >= 0.3 is 0 Å². The standard InChI is InChI=1S/C22H17ClN2OS/c1-13-11-27-14(2)20(13)22-21(15-4-7-17(26-3)8-5-15)18-10-16(23)6-9-19(18)25(22)12-24/h4-11H,1-3H3. The molecule has 0 aliphatic heterocycles. The fraction of sp³-hybridized carbons (Fsp3) is 0.136. The lowest BCUT2D eigenvalue weighted by Crippen LogP contribution is -1.94. The van der Waals surface area contributed by atoms with Gasteiger partial charge in [-0.25, -0.2) is 4.57 Å². The first-order valence-corrected chi connectivity index (χ1v) is 9.74. The van der Waals surface area contributed by atoms with Gasteiger partial charge in [-0.1, -0.05) is 23.7 Å². The van der Waals surface area contributed by atoms with E-state index in [-0.39, 0.29) is 0 Å². The van der Waals surface area contributed by atoms with Crippen LogP contribution in [0, 0.1) is 25.3 Å². The number of aromatic nitrogens is 1. The van der Waals surface area contributed by atoms with Crippen LogP contribution in [0.15, 0.2) is 47.8 Å². The molecular formula is C22H17ClN2OS. The van der Waals surface area contributed by atoms with Crippen molar-refractivity contribution in [1.29, 1.82) is 5.26 Å². The molecule has 0 N–H and O–H groups in total. The van der Waals surface area contributed by atoms with E-state index in [1.54, 1.807) is 23.0 Å². The fourth-order valence-corrected chi connectivity index (χ4v) is 4.60. The Labute approximate surface area is 167 Å². The first kappa shape index (κ1) is 17.7. The fourth-order valence-electron chi connectivity index (χ4n) is 3.58. The maximum Gasteiger partial charge on any atom is 0.189 e. The van der Waals surface area contributed by atoms with Crippen molar-refractivity contribution in [2.75, 3.05) is 7.11 Å². The highest BCUT2D eigenvalue weighted by Crippen LogP contribution is 2.45. The first-order valence-electron chi connectivity index (χ1n) is 8.48. The van der Waals surface area contributed by atoms with Gasteiger partial charge in [0.1, 0.15) is 5.75 Å². The van der Waals surface area contributed by atoms with Crippen LogP contribution in [0.4, 0.5) is 0 Å². The van der Waals surface area contributed by atoms with Crippen LogP contribution in [0.2, 0.25) is 5.02 Å². The van der Waals surface area contributed by atoms with Crippen molar-refractivity contribution in [2.45, 2.75) is 13.8 Å². The predicted octanol–water partition coefficient (Wildman–Crippen LogP) is 6.64. The van der Waals surface area contributed by atoms with Gasteiger partial charge in [-0.05, 0) is 60.7 Å². The number of hydrogen-bond acceptors (Lipinski definition) is 3. The number of thiophene rings is 1. The Morgan fingerprint density at radius 3 is 2.41 bits per heavy atom. The highest BCUT2D eigenvalue weighted by atomic mass is 35.5. The number of halogens is 1. The van der Waals surface area contributed by atoms with E-state index in [1.165, 1.54) is 4.88 Å². The van der Waals surface area contributed by atoms with Gasteiger partial charge in [-0.3, -0.25) is 0 Å². The molecule has 5 heteroatoms. The summed E-state index contributed by atoms with van der Waals surface area (Å²) in [5.41, 5.74) is 6.08. The molecule has 134 valence electrons. The lowest BCUT2D eigenvalue weighted by atomic mass is 9.97. The molecule has 27 heavy (non-hydrogen) atoms. The Morgan fingerprint density at radius 1 is 1.07 bits per heavy atom. The van der Waals surface area contributed by atoms with Crippen LogP contribution in [0.5, 0.6) is 5.75 Å². The van der Waals surface area contributed by atoms with Gasteiger partial charge in [0.05, 0.1) is 18.3 Å². The minimum Gasteiger partial charge on any atom is -0.497 e. The molecular weight excluding hydrogens is 376 g/mol. The highest BCUT2D eigenvalue weighted by molar-refractivity contribution is 7.10. The number of hydrogen-bond donors (Lipinski definition) is 0. The summed E-state index contributed by atoms with van der Waals surface area (Å²) in [7, 11) is 1.65. The molecule has 0 atom stereocenters. The number of nitriles is 1. The molecule has 0 saturated heterocycles. The molecule has 0 amide bonds. The second-order valence-corrected chi connectivity index (χ2v) is 7.92. The van der Waals surface area contributed by atoms with Gasteiger partial charge in [0.2, 0.25) is 0 Å². The largest absolute Gasteiger partial charge is 0.497 e. The third kappa shape index (κ3) is 2.80. The van der Waals surface area contributed by atoms with Crippen LogP contribution < -0.4 is 4.74 Å². The van der Waals surface area contributed by atoms with E-state index in [2.05, 4.69) is 25.4 Å². The summed E-state index contributed by atoms with van der Waals surface area (Å²) in [5, 5.41) is 13.7. The predicted molar refractivity (Wildman–Crippen MR) is 113 cm³/mol. The summed E-state index contributed by atoms with van der Waals surface area (Å²) in [4.78, 5) is 1.19. The van der Waals surface area contributed by atoms with Gasteiger partial charge in [-0.2, -0.15) is 5.26 Å². The zero-order valence-corrected chi connectivity index (χ0v) is 16.8. The molecule has 0 radical (unpaired) electrons. The second-order valence-electron chi connectivity index (χ2n) is 6.40.